The molecule has 0 aliphatic carbocycles. The second kappa shape index (κ2) is 6.13. The molecule has 2 aliphatic heterocycles. The summed E-state index contributed by atoms with van der Waals surface area (Å²) < 4.78 is 0. The molecule has 0 bridgehead atoms. The number of nitrogens with zero attached hydrogens (tertiary/aromatic N) is 2. The van der Waals surface area contributed by atoms with Crippen LogP contribution in [-0.2, 0) is 0 Å². The van der Waals surface area contributed by atoms with Crippen LogP contribution in [0.1, 0.15) is 40.5 Å². The lowest BCUT2D eigenvalue weighted by atomic mass is 9.76. The van der Waals surface area contributed by atoms with Crippen molar-refractivity contribution in [2.24, 2.45) is 11.8 Å². The summed E-state index contributed by atoms with van der Waals surface area (Å²) in [5.41, 5.74) is -1.98. The van der Waals surface area contributed by atoms with Crippen LogP contribution < -0.4 is 0 Å². The van der Waals surface area contributed by atoms with Gasteiger partial charge in [-0.25, -0.2) is 0 Å². The van der Waals surface area contributed by atoms with Gasteiger partial charge in [-0.3, -0.25) is 0 Å². The molecule has 2 aliphatic rings. The van der Waals surface area contributed by atoms with E-state index in [1.54, 1.807) is 0 Å². The van der Waals surface area contributed by atoms with Gasteiger partial charge in [-0.2, -0.15) is 0 Å². The predicted molar refractivity (Wildman–Crippen MR) is 89.4 cm³/mol. The van der Waals surface area contributed by atoms with E-state index in [-0.39, 0.29) is 11.8 Å². The van der Waals surface area contributed by atoms with E-state index in [9.17, 15) is 10.2 Å². The smallest absolute Gasteiger partial charge is 0.130 e. The van der Waals surface area contributed by atoms with Crippen molar-refractivity contribution in [2.45, 2.75) is 63.8 Å². The van der Waals surface area contributed by atoms with Crippen LogP contribution in [0, 0.1) is 23.7 Å². The van der Waals surface area contributed by atoms with Crippen LogP contribution in [0.2, 0.25) is 0 Å². The van der Waals surface area contributed by atoms with Gasteiger partial charge in [0.25, 0.3) is 0 Å². The lowest BCUT2D eigenvalue weighted by Crippen LogP contribution is -2.54. The molecule has 0 radical (unpaired) electrons. The second-order valence-corrected chi connectivity index (χ2v) is 7.89. The molecule has 126 valence electrons. The molecule has 2 saturated heterocycles. The molecule has 0 spiro atoms. The molecule has 0 saturated carbocycles. The van der Waals surface area contributed by atoms with Gasteiger partial charge in [-0.05, 0) is 27.9 Å². The van der Waals surface area contributed by atoms with Crippen molar-refractivity contribution in [3.63, 3.8) is 0 Å². The third-order valence-electron chi connectivity index (χ3n) is 5.97. The van der Waals surface area contributed by atoms with Crippen molar-refractivity contribution in [1.82, 2.24) is 9.80 Å². The molecule has 0 aromatic carbocycles. The Kier molecular flexibility index (Phi) is 4.94. The molecule has 0 aromatic rings. The van der Waals surface area contributed by atoms with Gasteiger partial charge in [0.2, 0.25) is 0 Å². The summed E-state index contributed by atoms with van der Waals surface area (Å²) in [7, 11) is 4.17. The molecule has 0 unspecified atom stereocenters. The summed E-state index contributed by atoms with van der Waals surface area (Å²) in [6.07, 6.45) is 1.27. The fraction of sp³-hybridized carbons (Fsp3) is 0.889. The SMILES string of the molecule is C[C@@H]1C[C@](O)(C#C[C@]2(O)C[C@H](C)N(C)C[C@H]2C)[C@H](C)CN1C. The van der Waals surface area contributed by atoms with E-state index in [0.29, 0.717) is 24.9 Å². The minimum Gasteiger partial charge on any atom is -0.377 e. The maximum absolute atomic E-state index is 11.0. The summed E-state index contributed by atoms with van der Waals surface area (Å²) in [5, 5.41) is 21.9. The Balaban J connectivity index is 2.20. The van der Waals surface area contributed by atoms with Crippen molar-refractivity contribution < 1.29 is 10.2 Å². The Bertz CT molecular complexity index is 431. The Morgan fingerprint density at radius 1 is 0.773 bits per heavy atom. The van der Waals surface area contributed by atoms with Crippen LogP contribution in [0.25, 0.3) is 0 Å². The van der Waals surface area contributed by atoms with Crippen LogP contribution in [0.3, 0.4) is 0 Å². The van der Waals surface area contributed by atoms with E-state index in [0.717, 1.165) is 13.1 Å². The lowest BCUT2D eigenvalue weighted by Gasteiger charge is -2.44. The minimum atomic E-state index is -0.992. The number of hydrogen-bond acceptors (Lipinski definition) is 4. The van der Waals surface area contributed by atoms with E-state index in [1.807, 2.05) is 13.8 Å². The van der Waals surface area contributed by atoms with Crippen molar-refractivity contribution >= 4 is 0 Å². The highest BCUT2D eigenvalue weighted by Gasteiger charge is 2.43. The number of hydrogen-bond donors (Lipinski definition) is 2. The van der Waals surface area contributed by atoms with Crippen molar-refractivity contribution in [2.75, 3.05) is 27.2 Å². The first-order chi connectivity index (χ1) is 10.1. The molecule has 6 atom stereocenters. The molecule has 2 fully saturated rings. The zero-order valence-corrected chi connectivity index (χ0v) is 14.9. The molecule has 2 rings (SSSR count). The summed E-state index contributed by atoms with van der Waals surface area (Å²) in [6, 6.07) is 0.609. The lowest BCUT2D eigenvalue weighted by molar-refractivity contribution is -0.0432. The highest BCUT2D eigenvalue weighted by molar-refractivity contribution is 5.26. The summed E-state index contributed by atoms with van der Waals surface area (Å²) in [5.74, 6) is 6.34. The highest BCUT2D eigenvalue weighted by Crippen LogP contribution is 2.33. The average Bonchev–Trinajstić information content (AvgIpc) is 2.42. The first kappa shape index (κ1) is 17.7. The van der Waals surface area contributed by atoms with Gasteiger partial charge in [0.15, 0.2) is 0 Å². The number of aliphatic hydroxyl groups is 2. The van der Waals surface area contributed by atoms with Gasteiger partial charge in [0.05, 0.1) is 0 Å². The zero-order chi connectivity index (χ0) is 16.7. The first-order valence-electron chi connectivity index (χ1n) is 8.47. The number of likely N-dealkylation sites (tertiary alicyclic amines) is 2. The molecule has 0 aromatic heterocycles. The van der Waals surface area contributed by atoms with Gasteiger partial charge in [-0.1, -0.05) is 25.7 Å². The van der Waals surface area contributed by atoms with Crippen LogP contribution in [0.5, 0.6) is 0 Å². The van der Waals surface area contributed by atoms with E-state index in [4.69, 9.17) is 0 Å². The maximum atomic E-state index is 11.0. The van der Waals surface area contributed by atoms with Crippen molar-refractivity contribution in [3.8, 4) is 11.8 Å². The Morgan fingerprint density at radius 2 is 1.09 bits per heavy atom. The van der Waals surface area contributed by atoms with Gasteiger partial charge in [0, 0.05) is 49.9 Å². The van der Waals surface area contributed by atoms with E-state index >= 15 is 0 Å². The summed E-state index contributed by atoms with van der Waals surface area (Å²) >= 11 is 0. The number of piperidine rings is 2. The first-order valence-corrected chi connectivity index (χ1v) is 8.47. The van der Waals surface area contributed by atoms with E-state index in [1.165, 1.54) is 0 Å². The fourth-order valence-corrected chi connectivity index (χ4v) is 3.71. The van der Waals surface area contributed by atoms with E-state index in [2.05, 4.69) is 49.6 Å². The topological polar surface area (TPSA) is 46.9 Å². The van der Waals surface area contributed by atoms with Crippen LogP contribution >= 0.6 is 0 Å². The van der Waals surface area contributed by atoms with Crippen molar-refractivity contribution in [3.05, 3.63) is 0 Å². The second-order valence-electron chi connectivity index (χ2n) is 7.89. The van der Waals surface area contributed by atoms with Gasteiger partial charge in [-0.15, -0.1) is 0 Å². The Hall–Kier alpha value is -0.600. The highest BCUT2D eigenvalue weighted by atomic mass is 16.3. The molecule has 22 heavy (non-hydrogen) atoms. The van der Waals surface area contributed by atoms with Crippen LogP contribution in [0.15, 0.2) is 0 Å². The molecule has 2 N–H and O–H groups in total. The summed E-state index contributed by atoms with van der Waals surface area (Å²) in [6.45, 7) is 9.99. The minimum absolute atomic E-state index is 0.0868. The van der Waals surface area contributed by atoms with Crippen LogP contribution in [-0.4, -0.2) is 70.5 Å². The summed E-state index contributed by atoms with van der Waals surface area (Å²) in [4.78, 5) is 4.52. The van der Waals surface area contributed by atoms with Crippen molar-refractivity contribution in [1.29, 1.82) is 0 Å². The monoisotopic (exact) mass is 308 g/mol. The molecule has 0 amide bonds. The number of rotatable bonds is 0. The molecule has 4 nitrogen and oxygen atoms in total. The van der Waals surface area contributed by atoms with Crippen LogP contribution in [0.4, 0.5) is 0 Å². The molecule has 2 heterocycles. The maximum Gasteiger partial charge on any atom is 0.130 e. The van der Waals surface area contributed by atoms with E-state index < -0.39 is 11.2 Å². The normalized spacial score (nSPS) is 47.8. The zero-order valence-electron chi connectivity index (χ0n) is 14.9. The predicted octanol–water partition coefficient (Wildman–Crippen LogP) is 1.17. The Labute approximate surface area is 135 Å². The Morgan fingerprint density at radius 3 is 1.41 bits per heavy atom. The molecular weight excluding hydrogens is 276 g/mol. The van der Waals surface area contributed by atoms with Gasteiger partial charge < -0.3 is 20.0 Å². The molecular formula is C18H32N2O2. The fourth-order valence-electron chi connectivity index (χ4n) is 3.71. The third kappa shape index (κ3) is 3.33. The molecule has 4 heteroatoms. The largest absolute Gasteiger partial charge is 0.377 e. The quantitative estimate of drug-likeness (QED) is 0.660. The average molecular weight is 308 g/mol. The third-order valence-corrected chi connectivity index (χ3v) is 5.97. The van der Waals surface area contributed by atoms with Gasteiger partial charge in [0.1, 0.15) is 11.2 Å². The standard InChI is InChI=1S/C18H32N2O2/c1-13-11-19(5)15(3)9-17(13,21)7-8-18(22)10-16(4)20(6)12-14(18)2/h13-16,21-22H,9-12H2,1-6H3/t13-,14-,15-,16+,17-,18+/m1/s1. The van der Waals surface area contributed by atoms with Gasteiger partial charge >= 0.3 is 0 Å².